The number of anilines is 5. The minimum Gasteiger partial charge on any atom is -0.397 e. The summed E-state index contributed by atoms with van der Waals surface area (Å²) in [6, 6.07) is 18.1. The molecule has 0 spiro atoms. The molecule has 2 amide bonds. The van der Waals surface area contributed by atoms with Gasteiger partial charge in [-0.3, -0.25) is 9.59 Å². The van der Waals surface area contributed by atoms with Crippen molar-refractivity contribution in [3.63, 3.8) is 0 Å². The van der Waals surface area contributed by atoms with E-state index in [4.69, 9.17) is 23.1 Å². The van der Waals surface area contributed by atoms with Gasteiger partial charge in [-0.05, 0) is 75.6 Å². The number of benzene rings is 3. The highest BCUT2D eigenvalue weighted by Gasteiger charge is 2.29. The number of fused-ring (bicyclic) bond motifs is 1. The van der Waals surface area contributed by atoms with E-state index in [9.17, 15) is 9.59 Å². The standard InChI is InChI=1S/C28H31ClN6O2/c1-17(36)35(14-4-13-34(2)3)21-9-7-20(8-10-21)32-27(18-5-12-23(30)24(31)15-18)26-22-11-6-19(29)16-25(22)33-28(26)37/h5-12,15-16,32H,4,13-14,30-31H2,1-3H3,(H,33,37)/b27-26+. The number of amides is 2. The van der Waals surface area contributed by atoms with Crippen molar-refractivity contribution in [1.29, 1.82) is 0 Å². The van der Waals surface area contributed by atoms with Crippen molar-refractivity contribution in [2.24, 2.45) is 0 Å². The molecule has 1 aliphatic rings. The molecular formula is C28H31ClN6O2. The smallest absolute Gasteiger partial charge is 0.258 e. The summed E-state index contributed by atoms with van der Waals surface area (Å²) in [7, 11) is 4.02. The number of nitrogens with two attached hydrogens (primary N) is 2. The maximum absolute atomic E-state index is 13.1. The van der Waals surface area contributed by atoms with Gasteiger partial charge in [0.15, 0.2) is 0 Å². The van der Waals surface area contributed by atoms with Crippen molar-refractivity contribution < 1.29 is 9.59 Å². The lowest BCUT2D eigenvalue weighted by Gasteiger charge is -2.23. The number of rotatable bonds is 8. The zero-order chi connectivity index (χ0) is 26.7. The average Bonchev–Trinajstić information content (AvgIpc) is 3.16. The molecule has 1 heterocycles. The molecular weight excluding hydrogens is 488 g/mol. The van der Waals surface area contributed by atoms with Crippen molar-refractivity contribution in [2.45, 2.75) is 13.3 Å². The number of halogens is 1. The summed E-state index contributed by atoms with van der Waals surface area (Å²) in [6.45, 7) is 3.08. The fourth-order valence-electron chi connectivity index (χ4n) is 4.28. The second kappa shape index (κ2) is 10.9. The van der Waals surface area contributed by atoms with Crippen molar-refractivity contribution in [1.82, 2.24) is 4.90 Å². The van der Waals surface area contributed by atoms with Gasteiger partial charge in [-0.1, -0.05) is 23.7 Å². The Bertz CT molecular complexity index is 1370. The summed E-state index contributed by atoms with van der Waals surface area (Å²) >= 11 is 6.15. The maximum Gasteiger partial charge on any atom is 0.258 e. The van der Waals surface area contributed by atoms with Crippen LogP contribution in [0.2, 0.25) is 5.02 Å². The summed E-state index contributed by atoms with van der Waals surface area (Å²) in [6.07, 6.45) is 0.861. The minimum absolute atomic E-state index is 0.0162. The molecule has 1 aliphatic heterocycles. The zero-order valence-electron chi connectivity index (χ0n) is 21.1. The van der Waals surface area contributed by atoms with Crippen LogP contribution in [0.1, 0.15) is 24.5 Å². The first-order valence-electron chi connectivity index (χ1n) is 11.9. The zero-order valence-corrected chi connectivity index (χ0v) is 21.9. The van der Waals surface area contributed by atoms with Gasteiger partial charge in [0.05, 0.1) is 28.3 Å². The molecule has 0 aromatic heterocycles. The van der Waals surface area contributed by atoms with E-state index in [1.807, 2.05) is 50.5 Å². The van der Waals surface area contributed by atoms with E-state index in [0.717, 1.165) is 29.9 Å². The third-order valence-corrected chi connectivity index (χ3v) is 6.40. The van der Waals surface area contributed by atoms with Crippen LogP contribution in [0.5, 0.6) is 0 Å². The van der Waals surface area contributed by atoms with E-state index in [0.29, 0.717) is 45.5 Å². The van der Waals surface area contributed by atoms with Crippen LogP contribution < -0.4 is 27.0 Å². The number of nitrogens with zero attached hydrogens (tertiary/aromatic N) is 2. The quantitative estimate of drug-likeness (QED) is 0.253. The molecule has 0 bridgehead atoms. The normalized spacial score (nSPS) is 13.8. The number of hydrogen-bond donors (Lipinski definition) is 4. The van der Waals surface area contributed by atoms with Crippen LogP contribution in [0.25, 0.3) is 11.3 Å². The first kappa shape index (κ1) is 26.1. The first-order chi connectivity index (χ1) is 17.6. The van der Waals surface area contributed by atoms with Crippen LogP contribution in [0, 0.1) is 0 Å². The molecule has 0 atom stereocenters. The summed E-state index contributed by atoms with van der Waals surface area (Å²) in [5, 5.41) is 6.82. The molecule has 0 saturated carbocycles. The minimum atomic E-state index is -0.254. The Morgan fingerprint density at radius 3 is 2.35 bits per heavy atom. The molecule has 0 unspecified atom stereocenters. The second-order valence-electron chi connectivity index (χ2n) is 9.24. The molecule has 3 aromatic rings. The Morgan fingerprint density at radius 1 is 0.973 bits per heavy atom. The highest BCUT2D eigenvalue weighted by Crippen LogP contribution is 2.39. The van der Waals surface area contributed by atoms with E-state index in [1.54, 1.807) is 36.1 Å². The van der Waals surface area contributed by atoms with E-state index < -0.39 is 0 Å². The van der Waals surface area contributed by atoms with Crippen LogP contribution in [-0.4, -0.2) is 43.9 Å². The SMILES string of the molecule is CC(=O)N(CCCN(C)C)c1ccc(N/C(=C2/C(=O)Nc3cc(Cl)ccc32)c2ccc(N)c(N)c2)cc1. The predicted molar refractivity (Wildman–Crippen MR) is 153 cm³/mol. The van der Waals surface area contributed by atoms with Crippen LogP contribution >= 0.6 is 11.6 Å². The maximum atomic E-state index is 13.1. The number of nitrogen functional groups attached to an aromatic ring is 2. The van der Waals surface area contributed by atoms with Crippen molar-refractivity contribution in [3.05, 3.63) is 76.8 Å². The molecule has 4 rings (SSSR count). The topological polar surface area (TPSA) is 117 Å². The van der Waals surface area contributed by atoms with Crippen molar-refractivity contribution in [3.8, 4) is 0 Å². The molecule has 37 heavy (non-hydrogen) atoms. The number of carbonyl (C=O) groups is 2. The predicted octanol–water partition coefficient (Wildman–Crippen LogP) is 4.74. The van der Waals surface area contributed by atoms with E-state index in [1.165, 1.54) is 0 Å². The van der Waals surface area contributed by atoms with Crippen molar-refractivity contribution in [2.75, 3.05) is 54.2 Å². The Hall–Kier alpha value is -4.01. The van der Waals surface area contributed by atoms with Gasteiger partial charge >= 0.3 is 0 Å². The lowest BCUT2D eigenvalue weighted by Crippen LogP contribution is -2.31. The van der Waals surface area contributed by atoms with Gasteiger partial charge in [0.2, 0.25) is 5.91 Å². The third-order valence-electron chi connectivity index (χ3n) is 6.17. The van der Waals surface area contributed by atoms with E-state index in [-0.39, 0.29) is 11.8 Å². The first-order valence-corrected chi connectivity index (χ1v) is 12.3. The molecule has 0 radical (unpaired) electrons. The number of nitrogens with one attached hydrogen (secondary N) is 2. The third kappa shape index (κ3) is 5.87. The monoisotopic (exact) mass is 518 g/mol. The number of hydrogen-bond acceptors (Lipinski definition) is 6. The van der Waals surface area contributed by atoms with Crippen molar-refractivity contribution >= 4 is 63.1 Å². The van der Waals surface area contributed by atoms with Gasteiger partial charge in [0.25, 0.3) is 5.91 Å². The van der Waals surface area contributed by atoms with Gasteiger partial charge in [-0.25, -0.2) is 0 Å². The molecule has 9 heteroatoms. The summed E-state index contributed by atoms with van der Waals surface area (Å²) in [5.74, 6) is -0.270. The highest BCUT2D eigenvalue weighted by atomic mass is 35.5. The average molecular weight is 519 g/mol. The highest BCUT2D eigenvalue weighted by molar-refractivity contribution is 6.38. The van der Waals surface area contributed by atoms with Gasteiger partial charge in [0, 0.05) is 41.0 Å². The summed E-state index contributed by atoms with van der Waals surface area (Å²) < 4.78 is 0. The lowest BCUT2D eigenvalue weighted by molar-refractivity contribution is -0.116. The van der Waals surface area contributed by atoms with Gasteiger partial charge in [0.1, 0.15) is 0 Å². The van der Waals surface area contributed by atoms with Gasteiger partial charge < -0.3 is 31.9 Å². The molecule has 192 valence electrons. The Kier molecular flexibility index (Phi) is 7.71. The van der Waals surface area contributed by atoms with Gasteiger partial charge in [-0.15, -0.1) is 0 Å². The summed E-state index contributed by atoms with van der Waals surface area (Å²) in [4.78, 5) is 29.3. The Morgan fingerprint density at radius 2 is 1.70 bits per heavy atom. The van der Waals surface area contributed by atoms with E-state index in [2.05, 4.69) is 15.5 Å². The Labute approximate surface area is 221 Å². The van der Waals surface area contributed by atoms with Gasteiger partial charge in [-0.2, -0.15) is 0 Å². The molecule has 6 N–H and O–H groups in total. The van der Waals surface area contributed by atoms with E-state index >= 15 is 0 Å². The van der Waals surface area contributed by atoms with Crippen LogP contribution in [-0.2, 0) is 9.59 Å². The Balaban J connectivity index is 1.71. The van der Waals surface area contributed by atoms with Crippen LogP contribution in [0.4, 0.5) is 28.4 Å². The molecule has 0 saturated heterocycles. The summed E-state index contributed by atoms with van der Waals surface area (Å²) in [5.41, 5.74) is 17.6. The number of carbonyl (C=O) groups excluding carboxylic acids is 2. The molecule has 0 aliphatic carbocycles. The lowest BCUT2D eigenvalue weighted by atomic mass is 9.99. The molecule has 0 fully saturated rings. The van der Waals surface area contributed by atoms with Crippen LogP contribution in [0.3, 0.4) is 0 Å². The molecule has 3 aromatic carbocycles. The molecule has 8 nitrogen and oxygen atoms in total. The fraction of sp³-hybridized carbons (Fsp3) is 0.214. The largest absolute Gasteiger partial charge is 0.397 e. The van der Waals surface area contributed by atoms with Crippen LogP contribution in [0.15, 0.2) is 60.7 Å². The second-order valence-corrected chi connectivity index (χ2v) is 9.67. The fourth-order valence-corrected chi connectivity index (χ4v) is 4.46.